The fourth-order valence-corrected chi connectivity index (χ4v) is 6.29. The van der Waals surface area contributed by atoms with Crippen LogP contribution in [0.15, 0.2) is 75.6 Å². The number of fused-ring (bicyclic) bond motifs is 2. The number of amides is 2. The van der Waals surface area contributed by atoms with Gasteiger partial charge in [-0.3, -0.25) is 28.4 Å². The highest BCUT2D eigenvalue weighted by atomic mass is 16.2. The van der Waals surface area contributed by atoms with E-state index in [1.54, 1.807) is 27.8 Å². The topological polar surface area (TPSA) is 136 Å². The SMILES string of the molecule is CCCn1c(=O)c2c(n(C3CC3)c1=O)N=C(c1ccc(N(CCCN3CCc4ccccc4C3=O)C(=O)c3ccnnc3)nc1)C2. The molecule has 2 aliphatic heterocycles. The Morgan fingerprint density at radius 2 is 1.85 bits per heavy atom. The highest BCUT2D eigenvalue weighted by molar-refractivity contribution is 6.07. The van der Waals surface area contributed by atoms with Gasteiger partial charge in [-0.1, -0.05) is 25.1 Å². The normalized spacial score (nSPS) is 15.4. The van der Waals surface area contributed by atoms with Crippen molar-refractivity contribution in [1.29, 1.82) is 0 Å². The molecule has 1 aliphatic carbocycles. The van der Waals surface area contributed by atoms with E-state index in [9.17, 15) is 19.2 Å². The minimum Gasteiger partial charge on any atom is -0.338 e. The van der Waals surface area contributed by atoms with Crippen LogP contribution in [0.25, 0.3) is 0 Å². The molecular formula is C34H34N8O4. The summed E-state index contributed by atoms with van der Waals surface area (Å²) in [5.74, 6) is 0.631. The summed E-state index contributed by atoms with van der Waals surface area (Å²) in [4.78, 5) is 66.1. The van der Waals surface area contributed by atoms with E-state index in [1.165, 1.54) is 17.0 Å². The first-order valence-corrected chi connectivity index (χ1v) is 15.8. The molecule has 2 amide bonds. The number of aromatic nitrogens is 5. The Bertz CT molecular complexity index is 1960. The molecular weight excluding hydrogens is 584 g/mol. The zero-order valence-corrected chi connectivity index (χ0v) is 25.6. The van der Waals surface area contributed by atoms with Crippen LogP contribution in [0.4, 0.5) is 11.6 Å². The fourth-order valence-electron chi connectivity index (χ4n) is 6.29. The molecule has 0 saturated heterocycles. The molecule has 0 N–H and O–H groups in total. The monoisotopic (exact) mass is 618 g/mol. The molecule has 3 aliphatic rings. The van der Waals surface area contributed by atoms with Gasteiger partial charge in [-0.25, -0.2) is 14.8 Å². The third-order valence-electron chi connectivity index (χ3n) is 8.81. The predicted molar refractivity (Wildman–Crippen MR) is 172 cm³/mol. The Morgan fingerprint density at radius 1 is 1.00 bits per heavy atom. The number of carbonyl (C=O) groups is 2. The number of anilines is 1. The zero-order valence-electron chi connectivity index (χ0n) is 25.6. The van der Waals surface area contributed by atoms with Gasteiger partial charge in [0.2, 0.25) is 0 Å². The first-order chi connectivity index (χ1) is 22.4. The van der Waals surface area contributed by atoms with Gasteiger partial charge in [0.05, 0.1) is 29.2 Å². The first kappa shape index (κ1) is 29.5. The largest absolute Gasteiger partial charge is 0.338 e. The summed E-state index contributed by atoms with van der Waals surface area (Å²) in [5.41, 5.74) is 3.52. The number of carbonyl (C=O) groups excluding carboxylic acids is 2. The lowest BCUT2D eigenvalue weighted by molar-refractivity contribution is 0.0738. The van der Waals surface area contributed by atoms with Crippen molar-refractivity contribution >= 4 is 29.2 Å². The van der Waals surface area contributed by atoms with Crippen molar-refractivity contribution < 1.29 is 9.59 Å². The smallest absolute Gasteiger partial charge is 0.332 e. The highest BCUT2D eigenvalue weighted by Gasteiger charge is 2.34. The Labute approximate surface area is 265 Å². The summed E-state index contributed by atoms with van der Waals surface area (Å²) < 4.78 is 3.03. The molecule has 3 aromatic heterocycles. The summed E-state index contributed by atoms with van der Waals surface area (Å²) in [5, 5.41) is 7.66. The number of aliphatic imine (C=N–C) groups is 1. The van der Waals surface area contributed by atoms with Crippen LogP contribution < -0.4 is 16.1 Å². The number of pyridine rings is 1. The second kappa shape index (κ2) is 12.3. The van der Waals surface area contributed by atoms with Gasteiger partial charge < -0.3 is 4.90 Å². The van der Waals surface area contributed by atoms with Crippen molar-refractivity contribution in [2.45, 2.75) is 58.0 Å². The van der Waals surface area contributed by atoms with Crippen LogP contribution in [0.1, 0.15) is 76.1 Å². The van der Waals surface area contributed by atoms with E-state index in [1.807, 2.05) is 42.2 Å². The maximum Gasteiger partial charge on any atom is 0.332 e. The van der Waals surface area contributed by atoms with Gasteiger partial charge in [-0.05, 0) is 61.9 Å². The molecule has 1 aromatic carbocycles. The van der Waals surface area contributed by atoms with E-state index in [-0.39, 0.29) is 29.1 Å². The van der Waals surface area contributed by atoms with Crippen LogP contribution in [-0.4, -0.2) is 66.4 Å². The third-order valence-corrected chi connectivity index (χ3v) is 8.81. The number of hydrogen-bond donors (Lipinski definition) is 0. The summed E-state index contributed by atoms with van der Waals surface area (Å²) in [7, 11) is 0. The molecule has 12 heteroatoms. The van der Waals surface area contributed by atoms with E-state index in [0.717, 1.165) is 30.4 Å². The lowest BCUT2D eigenvalue weighted by atomic mass is 9.99. The minimum atomic E-state index is -0.290. The zero-order chi connectivity index (χ0) is 31.8. The predicted octanol–water partition coefficient (Wildman–Crippen LogP) is 3.35. The van der Waals surface area contributed by atoms with E-state index in [4.69, 9.17) is 4.99 Å². The lowest BCUT2D eigenvalue weighted by Gasteiger charge is -2.29. The standard InChI is InChI=1S/C34H34N8O4/c1-2-15-41-33(45)27-19-28(38-30(27)42(34(41)46)25-9-10-25)23-8-11-29(35-20-23)40(31(43)24-12-14-36-37-21-24)17-5-16-39-18-13-22-6-3-4-7-26(22)32(39)44/h3-4,6-8,11-12,14,20-21,25H,2,5,9-10,13,15-19H2,1H3. The van der Waals surface area contributed by atoms with Crippen LogP contribution in [0.3, 0.4) is 0 Å². The highest BCUT2D eigenvalue weighted by Crippen LogP contribution is 2.39. The van der Waals surface area contributed by atoms with Crippen LogP contribution in [0.5, 0.6) is 0 Å². The van der Waals surface area contributed by atoms with Gasteiger partial charge in [0.25, 0.3) is 17.4 Å². The van der Waals surface area contributed by atoms with Crippen molar-refractivity contribution in [3.05, 3.63) is 110 Å². The van der Waals surface area contributed by atoms with Crippen LogP contribution in [0.2, 0.25) is 0 Å². The Balaban J connectivity index is 1.12. The average Bonchev–Trinajstić information content (AvgIpc) is 3.83. The fraction of sp³-hybridized carbons (Fsp3) is 0.353. The molecule has 0 spiro atoms. The molecule has 12 nitrogen and oxygen atoms in total. The molecule has 0 radical (unpaired) electrons. The molecule has 0 atom stereocenters. The van der Waals surface area contributed by atoms with Gasteiger partial charge in [0.15, 0.2) is 0 Å². The number of rotatable bonds is 10. The number of hydrogen-bond acceptors (Lipinski definition) is 8. The average molecular weight is 619 g/mol. The summed E-state index contributed by atoms with van der Waals surface area (Å²) in [6, 6.07) is 13.0. The molecule has 0 bridgehead atoms. The Hall–Kier alpha value is -5.26. The van der Waals surface area contributed by atoms with E-state index in [0.29, 0.717) is 79.5 Å². The lowest BCUT2D eigenvalue weighted by Crippen LogP contribution is -2.41. The molecule has 46 heavy (non-hydrogen) atoms. The van der Waals surface area contributed by atoms with Gasteiger partial charge in [-0.2, -0.15) is 10.2 Å². The summed E-state index contributed by atoms with van der Waals surface area (Å²) >= 11 is 0. The van der Waals surface area contributed by atoms with Gasteiger partial charge >= 0.3 is 5.69 Å². The molecule has 0 unspecified atom stereocenters. The van der Waals surface area contributed by atoms with Crippen LogP contribution >= 0.6 is 0 Å². The third kappa shape index (κ3) is 5.44. The van der Waals surface area contributed by atoms with Crippen molar-refractivity contribution in [3.63, 3.8) is 0 Å². The van der Waals surface area contributed by atoms with E-state index in [2.05, 4.69) is 15.2 Å². The van der Waals surface area contributed by atoms with Gasteiger partial charge in [0, 0.05) is 56.0 Å². The molecule has 4 aromatic rings. The molecule has 1 saturated carbocycles. The second-order valence-corrected chi connectivity index (χ2v) is 11.9. The summed E-state index contributed by atoms with van der Waals surface area (Å²) in [6.45, 7) is 3.78. The van der Waals surface area contributed by atoms with Crippen molar-refractivity contribution in [3.8, 4) is 0 Å². The maximum absolute atomic E-state index is 13.7. The van der Waals surface area contributed by atoms with E-state index < -0.39 is 0 Å². The number of nitrogens with zero attached hydrogens (tertiary/aromatic N) is 8. The quantitative estimate of drug-likeness (QED) is 0.266. The van der Waals surface area contributed by atoms with Crippen LogP contribution in [0, 0.1) is 0 Å². The maximum atomic E-state index is 13.7. The van der Waals surface area contributed by atoms with Gasteiger partial charge in [0.1, 0.15) is 11.6 Å². The Kier molecular flexibility index (Phi) is 7.85. The van der Waals surface area contributed by atoms with Crippen molar-refractivity contribution in [1.82, 2.24) is 29.2 Å². The van der Waals surface area contributed by atoms with Gasteiger partial charge in [-0.15, -0.1) is 0 Å². The summed E-state index contributed by atoms with van der Waals surface area (Å²) in [6.07, 6.45) is 8.68. The Morgan fingerprint density at radius 3 is 2.59 bits per heavy atom. The molecule has 5 heterocycles. The minimum absolute atomic E-state index is 0.00688. The van der Waals surface area contributed by atoms with Crippen molar-refractivity contribution in [2.24, 2.45) is 4.99 Å². The molecule has 7 rings (SSSR count). The first-order valence-electron chi connectivity index (χ1n) is 15.8. The second-order valence-electron chi connectivity index (χ2n) is 11.9. The number of benzene rings is 1. The molecule has 1 fully saturated rings. The molecule has 234 valence electrons. The van der Waals surface area contributed by atoms with Crippen molar-refractivity contribution in [2.75, 3.05) is 24.5 Å². The van der Waals surface area contributed by atoms with Crippen LogP contribution in [-0.2, 0) is 19.4 Å². The van der Waals surface area contributed by atoms with E-state index >= 15 is 0 Å².